The minimum Gasteiger partial charge on any atom is -0.381 e. The van der Waals surface area contributed by atoms with Crippen molar-refractivity contribution in [2.75, 3.05) is 26.4 Å². The lowest BCUT2D eigenvalue weighted by atomic mass is 9.82. The van der Waals surface area contributed by atoms with Gasteiger partial charge in [0.1, 0.15) is 10.8 Å². The Hall–Kier alpha value is -1.42. The van der Waals surface area contributed by atoms with Crippen LogP contribution in [0.4, 0.5) is 0 Å². The van der Waals surface area contributed by atoms with E-state index in [-0.39, 0.29) is 42.7 Å². The van der Waals surface area contributed by atoms with Crippen molar-refractivity contribution in [2.45, 2.75) is 74.6 Å². The first-order valence-corrected chi connectivity index (χ1v) is 17.1. The van der Waals surface area contributed by atoms with Crippen molar-refractivity contribution in [3.63, 3.8) is 0 Å². The zero-order valence-electron chi connectivity index (χ0n) is 21.5. The summed E-state index contributed by atoms with van der Waals surface area (Å²) >= 11 is 1.37. The van der Waals surface area contributed by atoms with Gasteiger partial charge in [-0.25, -0.2) is 13.4 Å². The summed E-state index contributed by atoms with van der Waals surface area (Å²) in [6.45, 7) is 5.48. The maximum atomic E-state index is 13.6. The third-order valence-corrected chi connectivity index (χ3v) is 12.0. The molecule has 1 aliphatic carbocycles. The zero-order valence-corrected chi connectivity index (χ0v) is 24.0. The summed E-state index contributed by atoms with van der Waals surface area (Å²) in [5.41, 5.74) is 1.42. The largest absolute Gasteiger partial charge is 0.381 e. The second kappa shape index (κ2) is 12.6. The number of rotatable bonds is 14. The lowest BCUT2D eigenvalue weighted by Crippen LogP contribution is -2.23. The van der Waals surface area contributed by atoms with Crippen molar-refractivity contribution < 1.29 is 31.6 Å². The highest BCUT2D eigenvalue weighted by Crippen LogP contribution is 2.51. The van der Waals surface area contributed by atoms with Crippen molar-refractivity contribution in [1.82, 2.24) is 4.98 Å². The Bertz CT molecular complexity index is 1190. The topological polar surface area (TPSA) is 109 Å². The molecule has 1 aromatic carbocycles. The van der Waals surface area contributed by atoms with Gasteiger partial charge >= 0.3 is 7.60 Å². The van der Waals surface area contributed by atoms with E-state index in [0.717, 1.165) is 31.2 Å². The van der Waals surface area contributed by atoms with E-state index in [1.54, 1.807) is 43.5 Å². The number of thiazole rings is 1. The van der Waals surface area contributed by atoms with Crippen LogP contribution in [0.2, 0.25) is 0 Å². The summed E-state index contributed by atoms with van der Waals surface area (Å²) in [5, 5.41) is 2.19. The molecule has 2 aromatic rings. The molecule has 37 heavy (non-hydrogen) atoms. The fraction of sp³-hybridized carbons (Fsp3) is 0.615. The predicted molar refractivity (Wildman–Crippen MR) is 143 cm³/mol. The Balaban J connectivity index is 1.50. The molecule has 4 rings (SSSR count). The van der Waals surface area contributed by atoms with Gasteiger partial charge in [-0.2, -0.15) is 0 Å². The highest BCUT2D eigenvalue weighted by Gasteiger charge is 2.37. The predicted octanol–water partition coefficient (Wildman–Crippen LogP) is 5.56. The zero-order chi connectivity index (χ0) is 26.5. The Kier molecular flexibility index (Phi) is 9.75. The van der Waals surface area contributed by atoms with Crippen molar-refractivity contribution in [3.05, 3.63) is 45.9 Å². The van der Waals surface area contributed by atoms with E-state index in [1.807, 2.05) is 0 Å². The highest BCUT2D eigenvalue weighted by atomic mass is 32.2. The van der Waals surface area contributed by atoms with E-state index in [9.17, 15) is 17.8 Å². The third kappa shape index (κ3) is 7.58. The van der Waals surface area contributed by atoms with Crippen molar-refractivity contribution in [3.8, 4) is 0 Å². The Morgan fingerprint density at radius 2 is 1.76 bits per heavy atom. The van der Waals surface area contributed by atoms with Crippen LogP contribution in [0, 0.1) is 5.92 Å². The normalized spacial score (nSPS) is 18.1. The standard InChI is InChI=1S/C26H36NO7PS2/c1-3-33-35(29,34-4-2)17-21-18-36-26(27-21)16-25(28)24(15-19-11-13-32-14-12-19)20-5-7-22(8-6-20)37(30,31)23-9-10-23/h5-8,18-19,23-24H,3-4,9-17H2,1-2H3/t24-/m1/s1. The molecular weight excluding hydrogens is 533 g/mol. The molecule has 0 spiro atoms. The quantitative estimate of drug-likeness (QED) is 0.272. The van der Waals surface area contributed by atoms with Crippen molar-refractivity contribution >= 4 is 34.6 Å². The Morgan fingerprint density at radius 3 is 2.35 bits per heavy atom. The minimum absolute atomic E-state index is 0.0444. The fourth-order valence-electron chi connectivity index (χ4n) is 4.72. The van der Waals surface area contributed by atoms with Crippen LogP contribution in [0.5, 0.6) is 0 Å². The first kappa shape index (κ1) is 28.6. The summed E-state index contributed by atoms with van der Waals surface area (Å²) in [5.74, 6) is 0.0572. The average Bonchev–Trinajstić information content (AvgIpc) is 3.66. The lowest BCUT2D eigenvalue weighted by molar-refractivity contribution is -0.120. The van der Waals surface area contributed by atoms with Gasteiger partial charge in [0.15, 0.2) is 9.84 Å². The van der Waals surface area contributed by atoms with E-state index < -0.39 is 17.4 Å². The first-order valence-electron chi connectivity index (χ1n) is 13.0. The summed E-state index contributed by atoms with van der Waals surface area (Å²) in [6, 6.07) is 6.89. The number of carbonyl (C=O) groups excluding carboxylic acids is 1. The van der Waals surface area contributed by atoms with Crippen molar-refractivity contribution in [1.29, 1.82) is 0 Å². The SMILES string of the molecule is CCOP(=O)(Cc1csc(CC(=O)[C@H](CC2CCOCC2)c2ccc(S(=O)(=O)C3CC3)cc2)n1)OCC. The smallest absolute Gasteiger partial charge is 0.336 e. The molecule has 1 aromatic heterocycles. The molecule has 0 unspecified atom stereocenters. The summed E-state index contributed by atoms with van der Waals surface area (Å²) in [7, 11) is -6.55. The minimum atomic E-state index is -3.28. The molecule has 8 nitrogen and oxygen atoms in total. The second-order valence-corrected chi connectivity index (χ2v) is 14.9. The van der Waals surface area contributed by atoms with Gasteiger partial charge in [0.05, 0.1) is 41.6 Å². The van der Waals surface area contributed by atoms with Crippen molar-refractivity contribution in [2.24, 2.45) is 5.92 Å². The van der Waals surface area contributed by atoms with Gasteiger partial charge in [-0.1, -0.05) is 12.1 Å². The first-order chi connectivity index (χ1) is 17.7. The van der Waals surface area contributed by atoms with Gasteiger partial charge in [-0.05, 0) is 69.6 Å². The molecule has 1 aliphatic heterocycles. The Morgan fingerprint density at radius 1 is 1.11 bits per heavy atom. The molecule has 1 saturated heterocycles. The van der Waals surface area contributed by atoms with Gasteiger partial charge in [-0.3, -0.25) is 9.36 Å². The molecule has 0 bridgehead atoms. The Labute approximate surface area is 223 Å². The van der Waals surface area contributed by atoms with Crippen LogP contribution < -0.4 is 0 Å². The van der Waals surface area contributed by atoms with Gasteiger partial charge in [-0.15, -0.1) is 11.3 Å². The maximum Gasteiger partial charge on any atom is 0.336 e. The molecule has 1 saturated carbocycles. The number of ether oxygens (including phenoxy) is 1. The van der Waals surface area contributed by atoms with Gasteiger partial charge in [0.2, 0.25) is 0 Å². The van der Waals surface area contributed by atoms with Gasteiger partial charge < -0.3 is 13.8 Å². The number of nitrogens with zero attached hydrogens (tertiary/aromatic N) is 1. The van der Waals surface area contributed by atoms with E-state index in [0.29, 0.717) is 41.1 Å². The number of hydrogen-bond acceptors (Lipinski definition) is 9. The summed E-state index contributed by atoms with van der Waals surface area (Å²) in [6.07, 6.45) is 4.17. The molecule has 0 N–H and O–H groups in total. The van der Waals surface area contributed by atoms with E-state index >= 15 is 0 Å². The monoisotopic (exact) mass is 569 g/mol. The fourth-order valence-corrected chi connectivity index (χ4v) is 8.91. The van der Waals surface area contributed by atoms with E-state index in [4.69, 9.17) is 13.8 Å². The molecule has 2 fully saturated rings. The van der Waals surface area contributed by atoms with Gasteiger partial charge in [0, 0.05) is 24.5 Å². The van der Waals surface area contributed by atoms with Crippen LogP contribution in [0.3, 0.4) is 0 Å². The van der Waals surface area contributed by atoms with Crippen LogP contribution in [0.15, 0.2) is 34.5 Å². The third-order valence-electron chi connectivity index (χ3n) is 6.80. The van der Waals surface area contributed by atoms with Crippen LogP contribution >= 0.6 is 18.9 Å². The van der Waals surface area contributed by atoms with Gasteiger partial charge in [0.25, 0.3) is 0 Å². The molecule has 2 aliphatic rings. The number of ketones is 1. The molecule has 204 valence electrons. The van der Waals surface area contributed by atoms with Crippen LogP contribution in [0.1, 0.15) is 68.1 Å². The molecule has 1 atom stereocenters. The van der Waals surface area contributed by atoms with Crippen LogP contribution in [-0.2, 0) is 45.6 Å². The molecule has 11 heteroatoms. The molecular formula is C26H36NO7PS2. The second-order valence-electron chi connectivity index (χ2n) is 9.64. The number of hydrogen-bond donors (Lipinski definition) is 0. The molecule has 2 heterocycles. The average molecular weight is 570 g/mol. The number of sulfone groups is 1. The number of benzene rings is 1. The highest BCUT2D eigenvalue weighted by molar-refractivity contribution is 7.92. The number of carbonyl (C=O) groups is 1. The molecule has 0 radical (unpaired) electrons. The number of Topliss-reactive ketones (excluding diaryl/α,β-unsaturated/α-hetero) is 1. The molecule has 0 amide bonds. The maximum absolute atomic E-state index is 13.6. The number of aromatic nitrogens is 1. The summed E-state index contributed by atoms with van der Waals surface area (Å²) in [4.78, 5) is 18.5. The summed E-state index contributed by atoms with van der Waals surface area (Å²) < 4.78 is 54.4. The van der Waals surface area contributed by atoms with E-state index in [1.165, 1.54) is 11.3 Å². The van der Waals surface area contributed by atoms with E-state index in [2.05, 4.69) is 4.98 Å². The van der Waals surface area contributed by atoms with Crippen LogP contribution in [-0.4, -0.2) is 50.9 Å². The lowest BCUT2D eigenvalue weighted by Gasteiger charge is -2.26. The van der Waals surface area contributed by atoms with Crippen LogP contribution in [0.25, 0.3) is 0 Å².